The third-order valence-corrected chi connectivity index (χ3v) is 4.01. The van der Waals surface area contributed by atoms with Crippen LogP contribution in [0.4, 0.5) is 0 Å². The van der Waals surface area contributed by atoms with Crippen LogP contribution in [0.5, 0.6) is 0 Å². The van der Waals surface area contributed by atoms with Crippen LogP contribution in [0.25, 0.3) is 5.57 Å². The Balaban J connectivity index is 2.17. The standard InChI is InChI=1S/C19H18O2/c1-19(2)12-16(13-7-5-4-6-8-13)15-11-14(18(20)21-3)9-10-17(15)19/h4-12H,1-3H3. The van der Waals surface area contributed by atoms with Crippen molar-refractivity contribution < 1.29 is 9.53 Å². The second kappa shape index (κ2) is 4.88. The number of fused-ring (bicyclic) bond motifs is 1. The second-order valence-electron chi connectivity index (χ2n) is 5.90. The fraction of sp³-hybridized carbons (Fsp3) is 0.211. The van der Waals surface area contributed by atoms with Gasteiger partial charge in [-0.25, -0.2) is 4.79 Å². The molecule has 0 atom stereocenters. The number of benzene rings is 2. The number of esters is 1. The van der Waals surface area contributed by atoms with E-state index in [1.165, 1.54) is 23.8 Å². The summed E-state index contributed by atoms with van der Waals surface area (Å²) in [6.07, 6.45) is 2.27. The maximum Gasteiger partial charge on any atom is 0.337 e. The molecule has 0 radical (unpaired) electrons. The van der Waals surface area contributed by atoms with E-state index in [0.717, 1.165) is 5.56 Å². The number of carbonyl (C=O) groups is 1. The Hall–Kier alpha value is -2.35. The number of hydrogen-bond acceptors (Lipinski definition) is 2. The van der Waals surface area contributed by atoms with Crippen LogP contribution in [0.15, 0.2) is 54.6 Å². The Labute approximate surface area is 125 Å². The van der Waals surface area contributed by atoms with Crippen molar-refractivity contribution in [1.82, 2.24) is 0 Å². The van der Waals surface area contributed by atoms with Gasteiger partial charge in [0.15, 0.2) is 0 Å². The molecule has 106 valence electrons. The predicted octanol–water partition coefficient (Wildman–Crippen LogP) is 4.20. The lowest BCUT2D eigenvalue weighted by molar-refractivity contribution is 0.0600. The number of carbonyl (C=O) groups excluding carboxylic acids is 1. The van der Waals surface area contributed by atoms with Gasteiger partial charge in [0.05, 0.1) is 12.7 Å². The highest BCUT2D eigenvalue weighted by Crippen LogP contribution is 2.43. The van der Waals surface area contributed by atoms with Crippen LogP contribution >= 0.6 is 0 Å². The third-order valence-electron chi connectivity index (χ3n) is 4.01. The number of ether oxygens (including phenoxy) is 1. The summed E-state index contributed by atoms with van der Waals surface area (Å²) in [6, 6.07) is 16.1. The lowest BCUT2D eigenvalue weighted by atomic mass is 9.86. The zero-order chi connectivity index (χ0) is 15.0. The van der Waals surface area contributed by atoms with E-state index < -0.39 is 0 Å². The smallest absolute Gasteiger partial charge is 0.337 e. The summed E-state index contributed by atoms with van der Waals surface area (Å²) in [5.41, 5.74) is 5.28. The average Bonchev–Trinajstić information content (AvgIpc) is 2.78. The normalized spacial score (nSPS) is 15.3. The molecule has 21 heavy (non-hydrogen) atoms. The van der Waals surface area contributed by atoms with Gasteiger partial charge in [0.2, 0.25) is 0 Å². The number of rotatable bonds is 2. The average molecular weight is 278 g/mol. The monoisotopic (exact) mass is 278 g/mol. The minimum absolute atomic E-state index is 0.0326. The van der Waals surface area contributed by atoms with E-state index in [-0.39, 0.29) is 11.4 Å². The van der Waals surface area contributed by atoms with Crippen LogP contribution in [0.3, 0.4) is 0 Å². The van der Waals surface area contributed by atoms with E-state index in [9.17, 15) is 4.79 Å². The lowest BCUT2D eigenvalue weighted by Gasteiger charge is -2.17. The minimum atomic E-state index is -0.296. The van der Waals surface area contributed by atoms with Crippen LogP contribution in [-0.4, -0.2) is 13.1 Å². The third kappa shape index (κ3) is 2.27. The largest absolute Gasteiger partial charge is 0.465 e. The van der Waals surface area contributed by atoms with E-state index in [4.69, 9.17) is 4.74 Å². The van der Waals surface area contributed by atoms with E-state index in [2.05, 4.69) is 32.1 Å². The van der Waals surface area contributed by atoms with Crippen LogP contribution in [0.1, 0.15) is 40.9 Å². The minimum Gasteiger partial charge on any atom is -0.465 e. The highest BCUT2D eigenvalue weighted by atomic mass is 16.5. The van der Waals surface area contributed by atoms with E-state index in [0.29, 0.717) is 5.56 Å². The van der Waals surface area contributed by atoms with Gasteiger partial charge in [-0.1, -0.05) is 56.3 Å². The molecular formula is C19H18O2. The molecule has 1 aliphatic carbocycles. The molecule has 0 unspecified atom stereocenters. The van der Waals surface area contributed by atoms with Gasteiger partial charge in [-0.3, -0.25) is 0 Å². The molecule has 0 amide bonds. The molecule has 0 N–H and O–H groups in total. The van der Waals surface area contributed by atoms with Gasteiger partial charge < -0.3 is 4.74 Å². The van der Waals surface area contributed by atoms with Crippen molar-refractivity contribution in [3.05, 3.63) is 76.9 Å². The van der Waals surface area contributed by atoms with Gasteiger partial charge in [0, 0.05) is 5.41 Å². The van der Waals surface area contributed by atoms with Gasteiger partial charge in [-0.2, -0.15) is 0 Å². The summed E-state index contributed by atoms with van der Waals surface area (Å²) in [5.74, 6) is -0.296. The second-order valence-corrected chi connectivity index (χ2v) is 5.90. The van der Waals surface area contributed by atoms with Crippen molar-refractivity contribution in [2.24, 2.45) is 0 Å². The molecule has 0 fully saturated rings. The molecule has 0 heterocycles. The molecule has 2 heteroatoms. The van der Waals surface area contributed by atoms with Crippen LogP contribution in [0, 0.1) is 0 Å². The van der Waals surface area contributed by atoms with Crippen molar-refractivity contribution in [3.63, 3.8) is 0 Å². The first-order valence-electron chi connectivity index (χ1n) is 7.04. The van der Waals surface area contributed by atoms with Gasteiger partial charge >= 0.3 is 5.97 Å². The summed E-state index contributed by atoms with van der Waals surface area (Å²) in [5, 5.41) is 0. The van der Waals surface area contributed by atoms with Gasteiger partial charge in [-0.15, -0.1) is 0 Å². The molecule has 3 rings (SSSR count). The topological polar surface area (TPSA) is 26.3 Å². The molecular weight excluding hydrogens is 260 g/mol. The van der Waals surface area contributed by atoms with E-state index in [1.54, 1.807) is 0 Å². The molecule has 0 saturated heterocycles. The summed E-state index contributed by atoms with van der Waals surface area (Å²) in [4.78, 5) is 11.8. The number of hydrogen-bond donors (Lipinski definition) is 0. The molecule has 1 aliphatic rings. The number of methoxy groups -OCH3 is 1. The fourth-order valence-electron chi connectivity index (χ4n) is 2.95. The predicted molar refractivity (Wildman–Crippen MR) is 84.3 cm³/mol. The summed E-state index contributed by atoms with van der Waals surface area (Å²) in [6.45, 7) is 4.39. The molecule has 2 aromatic rings. The Morgan fingerprint density at radius 2 is 1.76 bits per heavy atom. The van der Waals surface area contributed by atoms with Crippen molar-refractivity contribution in [1.29, 1.82) is 0 Å². The molecule has 0 aliphatic heterocycles. The maximum atomic E-state index is 11.8. The zero-order valence-electron chi connectivity index (χ0n) is 12.5. The molecule has 0 spiro atoms. The lowest BCUT2D eigenvalue weighted by Crippen LogP contribution is -2.11. The molecule has 0 saturated carbocycles. The first-order valence-corrected chi connectivity index (χ1v) is 7.04. The van der Waals surface area contributed by atoms with Gasteiger partial charge in [0.25, 0.3) is 0 Å². The maximum absolute atomic E-state index is 11.8. The molecule has 0 bridgehead atoms. The highest BCUT2D eigenvalue weighted by Gasteiger charge is 2.30. The molecule has 2 nitrogen and oxygen atoms in total. The van der Waals surface area contributed by atoms with Crippen molar-refractivity contribution in [2.45, 2.75) is 19.3 Å². The van der Waals surface area contributed by atoms with E-state index >= 15 is 0 Å². The van der Waals surface area contributed by atoms with Gasteiger partial charge in [0.1, 0.15) is 0 Å². The number of allylic oxidation sites excluding steroid dienone is 1. The molecule has 0 aromatic heterocycles. The van der Waals surface area contributed by atoms with Crippen LogP contribution in [0.2, 0.25) is 0 Å². The summed E-state index contributed by atoms with van der Waals surface area (Å²) in [7, 11) is 1.41. The van der Waals surface area contributed by atoms with Crippen molar-refractivity contribution in [3.8, 4) is 0 Å². The van der Waals surface area contributed by atoms with Crippen molar-refractivity contribution in [2.75, 3.05) is 7.11 Å². The zero-order valence-corrected chi connectivity index (χ0v) is 12.5. The van der Waals surface area contributed by atoms with Gasteiger partial charge in [-0.05, 0) is 34.4 Å². The first-order chi connectivity index (χ1) is 10.0. The van der Waals surface area contributed by atoms with E-state index in [1.807, 2.05) is 36.4 Å². The quantitative estimate of drug-likeness (QED) is 0.770. The Morgan fingerprint density at radius 1 is 1.05 bits per heavy atom. The Morgan fingerprint density at radius 3 is 2.43 bits per heavy atom. The Kier molecular flexibility index (Phi) is 3.17. The van der Waals surface area contributed by atoms with Crippen LogP contribution < -0.4 is 0 Å². The Bertz CT molecular complexity index is 724. The molecule has 2 aromatic carbocycles. The fourth-order valence-corrected chi connectivity index (χ4v) is 2.95. The summed E-state index contributed by atoms with van der Waals surface area (Å²) >= 11 is 0. The van der Waals surface area contributed by atoms with Crippen molar-refractivity contribution >= 4 is 11.5 Å². The highest BCUT2D eigenvalue weighted by molar-refractivity contribution is 5.94. The summed E-state index contributed by atoms with van der Waals surface area (Å²) < 4.78 is 4.83. The van der Waals surface area contributed by atoms with Crippen LogP contribution in [-0.2, 0) is 10.2 Å². The SMILES string of the molecule is COC(=O)c1ccc2c(c1)C(c1ccccc1)=CC2(C)C. The first kappa shape index (κ1) is 13.6.